The molecule has 0 aliphatic rings. The molecule has 0 spiro atoms. The molecule has 690 valence electrons. The van der Waals surface area contributed by atoms with Crippen molar-refractivity contribution in [3.8, 4) is 0 Å². The van der Waals surface area contributed by atoms with Gasteiger partial charge in [-0.2, -0.15) is 0 Å². The Morgan fingerprint density at radius 1 is 0.222 bits per heavy atom. The van der Waals surface area contributed by atoms with E-state index in [9.17, 15) is 34.2 Å². The molecule has 0 heterocycles. The van der Waals surface area contributed by atoms with Crippen molar-refractivity contribution in [2.45, 2.75) is 567 Å². The molecule has 18 heteroatoms. The number of carbonyl (C=O) groups is 5. The molecule has 0 aliphatic heterocycles. The Bertz CT molecular complexity index is 1750. The van der Waals surface area contributed by atoms with Gasteiger partial charge in [0.2, 0.25) is 0 Å². The van der Waals surface area contributed by atoms with Crippen LogP contribution >= 0.6 is 0 Å². The van der Waals surface area contributed by atoms with Gasteiger partial charge in [0.05, 0.1) is 26.4 Å². The molecule has 0 aromatic carbocycles. The average molecular weight is 1700 g/mol. The first kappa shape index (κ1) is 130. The number of hydrogen-bond acceptors (Lipinski definition) is 16. The normalized spacial score (nSPS) is 11.4. The molecule has 2 atom stereocenters. The number of aliphatic carboxylic acids is 2. The summed E-state index contributed by atoms with van der Waals surface area (Å²) in [5.41, 5.74) is 0. The number of ether oxygens (including phenoxy) is 3. The van der Waals surface area contributed by atoms with Crippen molar-refractivity contribution in [1.29, 1.82) is 0 Å². The van der Waals surface area contributed by atoms with Crippen LogP contribution in [0.5, 0.6) is 0 Å². The van der Waals surface area contributed by atoms with Gasteiger partial charge in [-0.05, 0) is 44.9 Å². The molecule has 0 saturated heterocycles. The third-order valence-corrected chi connectivity index (χ3v) is 21.9. The standard InChI is InChI=1S/3C21H42O4.2C18H36O2.K.Na/c2*1-2-3-4-5-6-7-8-9-10-11-12-13-14-15-16-17-21(24)25-19-20(23)18-22;1-2-3-4-5-6-7-8-9-10-11-12-13-14-15-16-17-21(24)25-20(18-22)19-23;2*1-2-3-4-5-6-7-8-9-10-11-12-13-14-15-16-17-18(19)20;;/h3*20,22-23H,2-19H2,1H3;2*2-17H2,1H3,(H,19,20);;/q;;;;;2*+1/p-2/t2*20-;;;;;/m10...../s1. The Balaban J connectivity index is -0.000000258. The molecule has 16 nitrogen and oxygen atoms in total. The van der Waals surface area contributed by atoms with Gasteiger partial charge in [0.1, 0.15) is 31.5 Å². The SMILES string of the molecule is CCCCCCCCCCCCCCCCCC(=O)OC(CO)CO.CCCCCCCCCCCCCCCCCC(=O)OC[C@@H](O)CO.CCCCCCCCCCCCCCCCCC(=O)OC[C@H](O)CO.CCCCCCCCCCCCCCCCCC(=O)[O-].CCCCCCCCCCCCCCCCCC(=O)[O-].[K+].[Na+]. The number of hydrogen-bond donors (Lipinski definition) is 6. The minimum Gasteiger partial charge on any atom is -0.550 e. The van der Waals surface area contributed by atoms with E-state index < -0.39 is 30.3 Å². The van der Waals surface area contributed by atoms with Crippen molar-refractivity contribution in [3.63, 3.8) is 0 Å². The molecule has 0 aliphatic carbocycles. The maximum atomic E-state index is 11.5. The molecule has 0 aromatic rings. The zero-order chi connectivity index (χ0) is 85.6. The fraction of sp³-hybridized carbons (Fsp3) is 0.949. The van der Waals surface area contributed by atoms with Gasteiger partial charge in [-0.15, -0.1) is 0 Å². The predicted molar refractivity (Wildman–Crippen MR) is 480 cm³/mol. The number of esters is 3. The fourth-order valence-electron chi connectivity index (χ4n) is 14.2. The van der Waals surface area contributed by atoms with E-state index in [1.54, 1.807) is 0 Å². The minimum atomic E-state index is -0.954. The molecule has 0 amide bonds. The van der Waals surface area contributed by atoms with Crippen LogP contribution in [0.1, 0.15) is 548 Å². The van der Waals surface area contributed by atoms with Crippen molar-refractivity contribution in [2.24, 2.45) is 0 Å². The second-order valence-electron chi connectivity index (χ2n) is 33.8. The van der Waals surface area contributed by atoms with Crippen molar-refractivity contribution in [1.82, 2.24) is 0 Å². The summed E-state index contributed by atoms with van der Waals surface area (Å²) in [5, 5.41) is 73.5. The quantitative estimate of drug-likeness (QED) is 0.0143. The summed E-state index contributed by atoms with van der Waals surface area (Å²) in [6, 6.07) is 0. The second kappa shape index (κ2) is 120. The van der Waals surface area contributed by atoms with Crippen molar-refractivity contribution in [3.05, 3.63) is 0 Å². The van der Waals surface area contributed by atoms with E-state index in [0.717, 1.165) is 64.2 Å². The Hall–Kier alpha value is -0.254. The molecule has 117 heavy (non-hydrogen) atoms. The smallest absolute Gasteiger partial charge is 0.550 e. The largest absolute Gasteiger partial charge is 1.00 e. The van der Waals surface area contributed by atoms with Crippen LogP contribution in [0.2, 0.25) is 0 Å². The Labute approximate surface area is 788 Å². The van der Waals surface area contributed by atoms with E-state index in [1.807, 2.05) is 0 Å². The Kier molecular flexibility index (Phi) is 133. The molecule has 6 N–H and O–H groups in total. The number of carboxylic acid groups (broad SMARTS) is 2. The van der Waals surface area contributed by atoms with Gasteiger partial charge in [0, 0.05) is 31.2 Å². The third kappa shape index (κ3) is 131. The summed E-state index contributed by atoms with van der Waals surface area (Å²) < 4.78 is 14.7. The molecule has 0 rings (SSSR count). The van der Waals surface area contributed by atoms with Crippen LogP contribution in [0.4, 0.5) is 0 Å². The summed E-state index contributed by atoms with van der Waals surface area (Å²) in [7, 11) is 0. The van der Waals surface area contributed by atoms with Crippen LogP contribution in [-0.2, 0) is 38.2 Å². The summed E-state index contributed by atoms with van der Waals surface area (Å²) in [6.45, 7) is 9.75. The number of aliphatic hydroxyl groups is 6. The molecule has 0 bridgehead atoms. The van der Waals surface area contributed by atoms with E-state index >= 15 is 0 Å². The maximum Gasteiger partial charge on any atom is 1.00 e. The Morgan fingerprint density at radius 2 is 0.359 bits per heavy atom. The van der Waals surface area contributed by atoms with E-state index in [0.29, 0.717) is 19.3 Å². The van der Waals surface area contributed by atoms with E-state index in [4.69, 9.17) is 44.8 Å². The van der Waals surface area contributed by atoms with Crippen LogP contribution in [0, 0.1) is 0 Å². The first-order chi connectivity index (χ1) is 56.2. The minimum absolute atomic E-state index is 0. The van der Waals surface area contributed by atoms with Gasteiger partial charge in [-0.25, -0.2) is 0 Å². The number of carbonyl (C=O) groups excluding carboxylic acids is 5. The molecular weight excluding hydrogens is 1510 g/mol. The molecular formula is C99H196KNaO16. The maximum absolute atomic E-state index is 11.5. The van der Waals surface area contributed by atoms with Crippen LogP contribution in [0.3, 0.4) is 0 Å². The van der Waals surface area contributed by atoms with Crippen LogP contribution in [0.25, 0.3) is 0 Å². The van der Waals surface area contributed by atoms with Gasteiger partial charge < -0.3 is 64.7 Å². The van der Waals surface area contributed by atoms with E-state index in [1.165, 1.54) is 417 Å². The van der Waals surface area contributed by atoms with E-state index in [-0.39, 0.29) is 151 Å². The number of aliphatic hydroxyl groups excluding tert-OH is 6. The monoisotopic (exact) mass is 1700 g/mol. The molecule has 0 aromatic heterocycles. The number of rotatable bonds is 89. The third-order valence-electron chi connectivity index (χ3n) is 21.9. The van der Waals surface area contributed by atoms with Crippen LogP contribution < -0.4 is 91.2 Å². The summed E-state index contributed by atoms with van der Waals surface area (Å²) in [4.78, 5) is 54.7. The summed E-state index contributed by atoms with van der Waals surface area (Å²) in [6.07, 6.45) is 96.9. The fourth-order valence-corrected chi connectivity index (χ4v) is 14.2. The van der Waals surface area contributed by atoms with Gasteiger partial charge >= 0.3 is 98.8 Å². The number of carboxylic acids is 2. The van der Waals surface area contributed by atoms with Crippen LogP contribution in [0.15, 0.2) is 0 Å². The number of unbranched alkanes of at least 4 members (excludes halogenated alkanes) is 70. The van der Waals surface area contributed by atoms with Gasteiger partial charge in [0.15, 0.2) is 0 Å². The first-order valence-corrected chi connectivity index (χ1v) is 49.9. The second-order valence-corrected chi connectivity index (χ2v) is 33.8. The Morgan fingerprint density at radius 3 is 0.496 bits per heavy atom. The summed E-state index contributed by atoms with van der Waals surface area (Å²) >= 11 is 0. The van der Waals surface area contributed by atoms with Crippen molar-refractivity contribution in [2.75, 3.05) is 39.6 Å². The molecule has 0 saturated carbocycles. The zero-order valence-electron chi connectivity index (χ0n) is 78.8. The first-order valence-electron chi connectivity index (χ1n) is 49.9. The van der Waals surface area contributed by atoms with Gasteiger partial charge in [-0.3, -0.25) is 14.4 Å². The van der Waals surface area contributed by atoms with E-state index in [2.05, 4.69) is 34.6 Å². The van der Waals surface area contributed by atoms with Gasteiger partial charge in [0.25, 0.3) is 0 Å². The zero-order valence-corrected chi connectivity index (χ0v) is 83.9. The van der Waals surface area contributed by atoms with Crippen molar-refractivity contribution >= 4 is 29.8 Å². The predicted octanol–water partition coefficient (Wildman–Crippen LogP) is 19.4. The molecule has 0 radical (unpaired) electrons. The van der Waals surface area contributed by atoms with Gasteiger partial charge in [-0.1, -0.05) is 484 Å². The molecule has 0 unspecified atom stereocenters. The average Bonchev–Trinajstić information content (AvgIpc) is 0.999. The summed E-state index contributed by atoms with van der Waals surface area (Å²) in [5.74, 6) is -2.67. The van der Waals surface area contributed by atoms with Crippen LogP contribution in [-0.4, -0.2) is 118 Å². The van der Waals surface area contributed by atoms with Crippen molar-refractivity contribution < 1.29 is 160 Å². The molecule has 0 fully saturated rings. The topological polar surface area (TPSA) is 281 Å².